The maximum atomic E-state index is 12.3. The Morgan fingerprint density at radius 1 is 1.36 bits per heavy atom. The Kier molecular flexibility index (Phi) is 6.67. The molecule has 0 saturated carbocycles. The number of nitrogens with zero attached hydrogens (tertiary/aromatic N) is 4. The molecule has 0 fully saturated rings. The number of carbonyl (C=O) groups is 2. The van der Waals surface area contributed by atoms with Gasteiger partial charge < -0.3 is 14.3 Å². The van der Waals surface area contributed by atoms with Crippen LogP contribution in [0.25, 0.3) is 11.0 Å². The van der Waals surface area contributed by atoms with E-state index in [1.165, 1.54) is 0 Å². The summed E-state index contributed by atoms with van der Waals surface area (Å²) in [7, 11) is 1.73. The second-order valence-corrected chi connectivity index (χ2v) is 6.97. The van der Waals surface area contributed by atoms with E-state index in [9.17, 15) is 9.59 Å². The van der Waals surface area contributed by atoms with Crippen LogP contribution >= 0.6 is 0 Å². The van der Waals surface area contributed by atoms with Crippen molar-refractivity contribution >= 4 is 23.2 Å². The van der Waals surface area contributed by atoms with Crippen LogP contribution in [0.15, 0.2) is 18.5 Å². The number of aryl methyl sites for hydroxylation is 2. The van der Waals surface area contributed by atoms with Gasteiger partial charge in [0.25, 0.3) is 0 Å². The van der Waals surface area contributed by atoms with E-state index in [0.29, 0.717) is 18.8 Å². The molecule has 1 amide bonds. The van der Waals surface area contributed by atoms with Crippen LogP contribution in [0.4, 0.5) is 0 Å². The number of aromatic nitrogens is 3. The molecular formula is C19H28N4O2. The van der Waals surface area contributed by atoms with Crippen molar-refractivity contribution in [3.8, 4) is 0 Å². The molecule has 0 aliphatic rings. The Balaban J connectivity index is 1.85. The molecule has 0 aromatic carbocycles. The number of amides is 1. The number of unbranched alkanes of at least 4 members (excludes halogenated alkanes) is 1. The first kappa shape index (κ1) is 19.1. The summed E-state index contributed by atoms with van der Waals surface area (Å²) in [4.78, 5) is 33.7. The molecule has 0 radical (unpaired) electrons. The first-order valence-electron chi connectivity index (χ1n) is 8.91. The topological polar surface area (TPSA) is 68.1 Å². The maximum Gasteiger partial charge on any atom is 0.222 e. The summed E-state index contributed by atoms with van der Waals surface area (Å²) in [5.74, 6) is 1.39. The molecule has 6 heteroatoms. The van der Waals surface area contributed by atoms with Crippen LogP contribution in [0.5, 0.6) is 0 Å². The van der Waals surface area contributed by atoms with E-state index in [2.05, 4.69) is 28.4 Å². The van der Waals surface area contributed by atoms with Gasteiger partial charge in [0.2, 0.25) is 5.91 Å². The summed E-state index contributed by atoms with van der Waals surface area (Å²) in [5.41, 5.74) is 1.98. The van der Waals surface area contributed by atoms with Gasteiger partial charge in [-0.25, -0.2) is 4.98 Å². The van der Waals surface area contributed by atoms with E-state index in [1.807, 2.05) is 13.0 Å². The highest BCUT2D eigenvalue weighted by Gasteiger charge is 2.19. The van der Waals surface area contributed by atoms with Gasteiger partial charge in [-0.1, -0.05) is 13.8 Å². The first-order chi connectivity index (χ1) is 11.9. The minimum atomic E-state index is -0.320. The van der Waals surface area contributed by atoms with Gasteiger partial charge in [-0.3, -0.25) is 9.78 Å². The molecule has 2 heterocycles. The largest absolute Gasteiger partial charge is 0.336 e. The lowest BCUT2D eigenvalue weighted by atomic mass is 10.0. The summed E-state index contributed by atoms with van der Waals surface area (Å²) in [5, 5.41) is 0. The summed E-state index contributed by atoms with van der Waals surface area (Å²) in [6.45, 7) is 6.93. The molecule has 0 bridgehead atoms. The molecule has 6 nitrogen and oxygen atoms in total. The Hall–Kier alpha value is -2.24. The molecule has 2 rings (SSSR count). The average Bonchev–Trinajstić information content (AvgIpc) is 2.91. The highest BCUT2D eigenvalue weighted by molar-refractivity contribution is 5.79. The second-order valence-electron chi connectivity index (χ2n) is 6.97. The predicted molar refractivity (Wildman–Crippen MR) is 98.2 cm³/mol. The number of hydrogen-bond acceptors (Lipinski definition) is 4. The fourth-order valence-corrected chi connectivity index (χ4v) is 3.08. The summed E-state index contributed by atoms with van der Waals surface area (Å²) in [6, 6.07) is 1.65. The van der Waals surface area contributed by atoms with E-state index in [-0.39, 0.29) is 11.9 Å². The molecular weight excluding hydrogens is 316 g/mol. The van der Waals surface area contributed by atoms with Crippen LogP contribution in [-0.4, -0.2) is 44.7 Å². The standard InChI is InChI=1S/C19H28N4O2/c1-14(2)11-16(13-24)22(4)19(25)7-5-6-10-23-15(3)21-17-12-20-9-8-18(17)23/h8-9,12-14,16H,5-7,10-11H2,1-4H3/t16-/m0/s1. The summed E-state index contributed by atoms with van der Waals surface area (Å²) >= 11 is 0. The number of imidazole rings is 1. The molecule has 136 valence electrons. The number of aldehydes is 1. The zero-order valence-corrected chi connectivity index (χ0v) is 15.6. The van der Waals surface area contributed by atoms with Crippen molar-refractivity contribution in [2.75, 3.05) is 7.05 Å². The summed E-state index contributed by atoms with van der Waals surface area (Å²) < 4.78 is 2.16. The fourth-order valence-electron chi connectivity index (χ4n) is 3.08. The molecule has 25 heavy (non-hydrogen) atoms. The van der Waals surface area contributed by atoms with Crippen LogP contribution in [-0.2, 0) is 16.1 Å². The molecule has 2 aromatic rings. The molecule has 2 aromatic heterocycles. The van der Waals surface area contributed by atoms with Crippen LogP contribution < -0.4 is 0 Å². The second kappa shape index (κ2) is 8.74. The SMILES string of the molecule is Cc1nc2cnccc2n1CCCCC(=O)N(C)[C@H](C=O)CC(C)C. The van der Waals surface area contributed by atoms with Gasteiger partial charge in [-0.05, 0) is 38.2 Å². The van der Waals surface area contributed by atoms with E-state index in [0.717, 1.165) is 42.5 Å². The molecule has 0 N–H and O–H groups in total. The molecule has 0 saturated heterocycles. The van der Waals surface area contributed by atoms with Crippen molar-refractivity contribution in [2.45, 2.75) is 59.0 Å². The third kappa shape index (κ3) is 4.87. The number of likely N-dealkylation sites (N-methyl/N-ethyl adjacent to an activating group) is 1. The molecule has 1 atom stereocenters. The van der Waals surface area contributed by atoms with Gasteiger partial charge in [0.05, 0.1) is 17.8 Å². The lowest BCUT2D eigenvalue weighted by molar-refractivity contribution is -0.135. The molecule has 0 aliphatic heterocycles. The number of carbonyl (C=O) groups excluding carboxylic acids is 2. The molecule has 0 unspecified atom stereocenters. The van der Waals surface area contributed by atoms with Gasteiger partial charge in [0.1, 0.15) is 17.6 Å². The van der Waals surface area contributed by atoms with E-state index < -0.39 is 0 Å². The Morgan fingerprint density at radius 3 is 2.80 bits per heavy atom. The normalized spacial score (nSPS) is 12.5. The van der Waals surface area contributed by atoms with Crippen molar-refractivity contribution in [2.24, 2.45) is 5.92 Å². The smallest absolute Gasteiger partial charge is 0.222 e. The van der Waals surface area contributed by atoms with Crippen molar-refractivity contribution in [1.82, 2.24) is 19.4 Å². The minimum absolute atomic E-state index is 0.0363. The van der Waals surface area contributed by atoms with Crippen molar-refractivity contribution < 1.29 is 9.59 Å². The maximum absolute atomic E-state index is 12.3. The highest BCUT2D eigenvalue weighted by atomic mass is 16.2. The minimum Gasteiger partial charge on any atom is -0.336 e. The number of pyridine rings is 1. The monoisotopic (exact) mass is 344 g/mol. The lowest BCUT2D eigenvalue weighted by Crippen LogP contribution is -2.38. The molecule has 0 spiro atoms. The lowest BCUT2D eigenvalue weighted by Gasteiger charge is -2.25. The van der Waals surface area contributed by atoms with Gasteiger partial charge >= 0.3 is 0 Å². The van der Waals surface area contributed by atoms with Crippen LogP contribution in [0.1, 0.15) is 45.4 Å². The van der Waals surface area contributed by atoms with Crippen LogP contribution in [0.2, 0.25) is 0 Å². The zero-order chi connectivity index (χ0) is 18.4. The van der Waals surface area contributed by atoms with Crippen LogP contribution in [0, 0.1) is 12.8 Å². The first-order valence-corrected chi connectivity index (χ1v) is 8.91. The zero-order valence-electron chi connectivity index (χ0n) is 15.6. The predicted octanol–water partition coefficient (Wildman–Crippen LogP) is 2.98. The van der Waals surface area contributed by atoms with Gasteiger partial charge in [0, 0.05) is 26.2 Å². The number of fused-ring (bicyclic) bond motifs is 1. The number of rotatable bonds is 9. The van der Waals surface area contributed by atoms with E-state index >= 15 is 0 Å². The van der Waals surface area contributed by atoms with Crippen molar-refractivity contribution in [3.05, 3.63) is 24.3 Å². The van der Waals surface area contributed by atoms with E-state index in [4.69, 9.17) is 0 Å². The average molecular weight is 344 g/mol. The third-order valence-corrected chi connectivity index (χ3v) is 4.52. The fraction of sp³-hybridized carbons (Fsp3) is 0.579. The number of hydrogen-bond donors (Lipinski definition) is 0. The van der Waals surface area contributed by atoms with Gasteiger partial charge in [0.15, 0.2) is 0 Å². The van der Waals surface area contributed by atoms with Gasteiger partial charge in [-0.15, -0.1) is 0 Å². The summed E-state index contributed by atoms with van der Waals surface area (Å²) in [6.07, 6.45) is 7.28. The Bertz CT molecular complexity index is 723. The van der Waals surface area contributed by atoms with Crippen molar-refractivity contribution in [3.63, 3.8) is 0 Å². The van der Waals surface area contributed by atoms with Crippen LogP contribution in [0.3, 0.4) is 0 Å². The third-order valence-electron chi connectivity index (χ3n) is 4.52. The Labute approximate surface area is 149 Å². The van der Waals surface area contributed by atoms with E-state index in [1.54, 1.807) is 24.3 Å². The quantitative estimate of drug-likeness (QED) is 0.518. The highest BCUT2D eigenvalue weighted by Crippen LogP contribution is 2.16. The Morgan fingerprint density at radius 2 is 2.12 bits per heavy atom. The molecule has 0 aliphatic carbocycles. The van der Waals surface area contributed by atoms with Crippen molar-refractivity contribution in [1.29, 1.82) is 0 Å². The van der Waals surface area contributed by atoms with Gasteiger partial charge in [-0.2, -0.15) is 0 Å².